The molecule has 0 atom stereocenters. The average Bonchev–Trinajstić information content (AvgIpc) is 2.51. The lowest BCUT2D eigenvalue weighted by Crippen LogP contribution is -2.35. The van der Waals surface area contributed by atoms with E-state index in [-0.39, 0.29) is 10.7 Å². The minimum atomic E-state index is -0.589. The number of rotatable bonds is 3. The molecule has 0 fully saturated rings. The molecule has 3 rings (SSSR count). The molecule has 0 spiro atoms. The van der Waals surface area contributed by atoms with Gasteiger partial charge in [0.2, 0.25) is 5.43 Å². The molecule has 0 aliphatic carbocycles. The van der Waals surface area contributed by atoms with Crippen molar-refractivity contribution in [1.29, 1.82) is 0 Å². The maximum atomic E-state index is 13.1. The minimum Gasteiger partial charge on any atom is -0.352 e. The standard InChI is InChI=1S/C16H9ClFNO2/c17-11-8-10(6-7-12(11)18)19-14-13(15(20)16(14)21)9-4-2-1-3-5-9/h1-8,19H. The van der Waals surface area contributed by atoms with Crippen LogP contribution in [-0.2, 0) is 0 Å². The maximum Gasteiger partial charge on any atom is 0.250 e. The molecule has 3 nitrogen and oxygen atoms in total. The second-order valence-electron chi connectivity index (χ2n) is 4.53. The van der Waals surface area contributed by atoms with E-state index >= 15 is 0 Å². The van der Waals surface area contributed by atoms with E-state index in [1.54, 1.807) is 24.3 Å². The second-order valence-corrected chi connectivity index (χ2v) is 4.94. The molecule has 1 N–H and O–H groups in total. The quantitative estimate of drug-likeness (QED) is 0.753. The lowest BCUT2D eigenvalue weighted by molar-refractivity contribution is 0.628. The topological polar surface area (TPSA) is 46.2 Å². The predicted molar refractivity (Wildman–Crippen MR) is 81.5 cm³/mol. The minimum absolute atomic E-state index is 0.0556. The molecule has 0 aliphatic heterocycles. The van der Waals surface area contributed by atoms with E-state index in [0.717, 1.165) is 0 Å². The first-order valence-electron chi connectivity index (χ1n) is 6.18. The Hall–Kier alpha value is -2.46. The van der Waals surface area contributed by atoms with E-state index in [1.165, 1.54) is 18.2 Å². The Morgan fingerprint density at radius 3 is 2.33 bits per heavy atom. The molecule has 0 unspecified atom stereocenters. The summed E-state index contributed by atoms with van der Waals surface area (Å²) in [6.07, 6.45) is 0. The zero-order chi connectivity index (χ0) is 15.0. The van der Waals surface area contributed by atoms with Gasteiger partial charge in [0, 0.05) is 5.69 Å². The molecule has 0 aromatic heterocycles. The van der Waals surface area contributed by atoms with Gasteiger partial charge in [-0.1, -0.05) is 41.9 Å². The van der Waals surface area contributed by atoms with Crippen molar-refractivity contribution in [2.45, 2.75) is 0 Å². The van der Waals surface area contributed by atoms with Gasteiger partial charge in [-0.3, -0.25) is 9.59 Å². The van der Waals surface area contributed by atoms with Crippen molar-refractivity contribution in [2.24, 2.45) is 0 Å². The lowest BCUT2D eigenvalue weighted by Gasteiger charge is -2.13. The van der Waals surface area contributed by atoms with Gasteiger partial charge in [-0.05, 0) is 23.8 Å². The van der Waals surface area contributed by atoms with Crippen LogP contribution in [0.5, 0.6) is 0 Å². The summed E-state index contributed by atoms with van der Waals surface area (Å²) in [7, 11) is 0. The molecule has 104 valence electrons. The highest BCUT2D eigenvalue weighted by atomic mass is 35.5. The second kappa shape index (κ2) is 5.14. The van der Waals surface area contributed by atoms with Gasteiger partial charge >= 0.3 is 0 Å². The fourth-order valence-corrected chi connectivity index (χ4v) is 2.29. The molecule has 5 heteroatoms. The van der Waals surface area contributed by atoms with Crippen LogP contribution in [0.3, 0.4) is 0 Å². The third kappa shape index (κ3) is 2.34. The first-order chi connectivity index (χ1) is 10.1. The molecule has 3 aromatic carbocycles. The van der Waals surface area contributed by atoms with Crippen molar-refractivity contribution >= 4 is 23.0 Å². The summed E-state index contributed by atoms with van der Waals surface area (Å²) >= 11 is 5.69. The van der Waals surface area contributed by atoms with Crippen LogP contribution in [0.25, 0.3) is 11.1 Å². The van der Waals surface area contributed by atoms with Crippen LogP contribution in [0.1, 0.15) is 0 Å². The Bertz CT molecular complexity index is 883. The van der Waals surface area contributed by atoms with Crippen LogP contribution in [0, 0.1) is 5.82 Å². The molecule has 0 saturated carbocycles. The van der Waals surface area contributed by atoms with Crippen LogP contribution in [-0.4, -0.2) is 0 Å². The first-order valence-corrected chi connectivity index (χ1v) is 6.56. The summed E-state index contributed by atoms with van der Waals surface area (Å²) in [4.78, 5) is 23.5. The normalized spacial score (nSPS) is 10.8. The van der Waals surface area contributed by atoms with Crippen molar-refractivity contribution < 1.29 is 4.39 Å². The number of benzene rings is 2. The number of hydrogen-bond acceptors (Lipinski definition) is 3. The Morgan fingerprint density at radius 2 is 1.67 bits per heavy atom. The van der Waals surface area contributed by atoms with Crippen LogP contribution in [0.15, 0.2) is 58.1 Å². The molecule has 0 aliphatic rings. The summed E-state index contributed by atoms with van der Waals surface area (Å²) in [5.41, 5.74) is 0.532. The van der Waals surface area contributed by atoms with Crippen LogP contribution >= 0.6 is 11.6 Å². The lowest BCUT2D eigenvalue weighted by atomic mass is 9.98. The summed E-state index contributed by atoms with van der Waals surface area (Å²) in [5, 5.41) is 2.78. The summed E-state index contributed by atoms with van der Waals surface area (Å²) < 4.78 is 13.1. The fraction of sp³-hybridized carbons (Fsp3) is 0. The van der Waals surface area contributed by atoms with Crippen LogP contribution in [0.2, 0.25) is 5.02 Å². The molecule has 0 radical (unpaired) electrons. The maximum absolute atomic E-state index is 13.1. The zero-order valence-corrected chi connectivity index (χ0v) is 11.4. The molecular weight excluding hydrogens is 293 g/mol. The molecule has 21 heavy (non-hydrogen) atoms. The van der Waals surface area contributed by atoms with Gasteiger partial charge in [0.05, 0.1) is 10.6 Å². The summed E-state index contributed by atoms with van der Waals surface area (Å²) in [6, 6.07) is 12.9. The van der Waals surface area contributed by atoms with Crippen molar-refractivity contribution in [3.63, 3.8) is 0 Å². The van der Waals surface area contributed by atoms with Gasteiger partial charge < -0.3 is 5.32 Å². The first kappa shape index (κ1) is 13.5. The SMILES string of the molecule is O=c1c(Nc2ccc(F)c(Cl)c2)c(-c2ccccc2)c1=O. The van der Waals surface area contributed by atoms with Crippen molar-refractivity contribution in [3.8, 4) is 11.1 Å². The predicted octanol–water partition coefficient (Wildman–Crippen LogP) is 3.49. The fourth-order valence-electron chi connectivity index (χ4n) is 2.11. The highest BCUT2D eigenvalue weighted by Crippen LogP contribution is 2.27. The average molecular weight is 302 g/mol. The van der Waals surface area contributed by atoms with Gasteiger partial charge in [-0.15, -0.1) is 0 Å². The van der Waals surface area contributed by atoms with Gasteiger partial charge in [0.25, 0.3) is 5.43 Å². The smallest absolute Gasteiger partial charge is 0.250 e. The monoisotopic (exact) mass is 301 g/mol. The third-order valence-corrected chi connectivity index (χ3v) is 3.45. The van der Waals surface area contributed by atoms with Crippen molar-refractivity contribution in [1.82, 2.24) is 0 Å². The number of nitrogens with one attached hydrogen (secondary N) is 1. The Labute approximate surface area is 124 Å². The van der Waals surface area contributed by atoms with Crippen LogP contribution in [0.4, 0.5) is 15.8 Å². The highest BCUT2D eigenvalue weighted by molar-refractivity contribution is 6.31. The van der Waals surface area contributed by atoms with E-state index in [4.69, 9.17) is 11.6 Å². The van der Waals surface area contributed by atoms with Crippen molar-refractivity contribution in [2.75, 3.05) is 5.32 Å². The molecule has 0 bridgehead atoms. The van der Waals surface area contributed by atoms with E-state index in [9.17, 15) is 14.0 Å². The number of hydrogen-bond donors (Lipinski definition) is 1. The summed E-state index contributed by atoms with van der Waals surface area (Å²) in [6.45, 7) is 0. The largest absolute Gasteiger partial charge is 0.352 e. The van der Waals surface area contributed by atoms with Gasteiger partial charge in [-0.25, -0.2) is 4.39 Å². The van der Waals surface area contributed by atoms with Gasteiger partial charge in [-0.2, -0.15) is 0 Å². The van der Waals surface area contributed by atoms with E-state index in [1.807, 2.05) is 6.07 Å². The summed E-state index contributed by atoms with van der Waals surface area (Å²) in [5.74, 6) is -0.546. The van der Waals surface area contributed by atoms with Gasteiger partial charge in [0.1, 0.15) is 11.5 Å². The van der Waals surface area contributed by atoms with Gasteiger partial charge in [0.15, 0.2) is 0 Å². The highest BCUT2D eigenvalue weighted by Gasteiger charge is 2.22. The molecule has 0 saturated heterocycles. The van der Waals surface area contributed by atoms with E-state index in [2.05, 4.69) is 5.32 Å². The molecule has 0 heterocycles. The van der Waals surface area contributed by atoms with E-state index < -0.39 is 16.7 Å². The molecule has 0 amide bonds. The Morgan fingerprint density at radius 1 is 0.952 bits per heavy atom. The molecule has 3 aromatic rings. The van der Waals surface area contributed by atoms with Crippen molar-refractivity contribution in [3.05, 3.63) is 79.8 Å². The Balaban J connectivity index is 2.01. The number of anilines is 2. The molecular formula is C16H9ClFNO2. The third-order valence-electron chi connectivity index (χ3n) is 3.16. The van der Waals surface area contributed by atoms with E-state index in [0.29, 0.717) is 16.8 Å². The number of halogens is 2. The Kier molecular flexibility index (Phi) is 3.31. The zero-order valence-electron chi connectivity index (χ0n) is 10.7. The van der Waals surface area contributed by atoms with Crippen LogP contribution < -0.4 is 16.2 Å².